The summed E-state index contributed by atoms with van der Waals surface area (Å²) in [5, 5.41) is 27.6. The molecular formula is C15H23N3O6S2. The van der Waals surface area contributed by atoms with Gasteiger partial charge < -0.3 is 20.4 Å². The molecule has 0 unspecified atom stereocenters. The number of hydrogen-bond acceptors (Lipinski definition) is 7. The molecule has 9 nitrogen and oxygen atoms in total. The smallest absolute Gasteiger partial charge is 0.353 e. The van der Waals surface area contributed by atoms with E-state index < -0.39 is 28.0 Å². The lowest BCUT2D eigenvalue weighted by atomic mass is 9.79. The van der Waals surface area contributed by atoms with Crippen molar-refractivity contribution in [1.82, 2.24) is 10.2 Å². The number of amides is 1. The summed E-state index contributed by atoms with van der Waals surface area (Å²) in [5.41, 5.74) is -0.00991. The summed E-state index contributed by atoms with van der Waals surface area (Å²) in [6, 6.07) is -0.609. The van der Waals surface area contributed by atoms with Gasteiger partial charge >= 0.3 is 5.97 Å². The molecule has 0 aliphatic carbocycles. The van der Waals surface area contributed by atoms with Crippen LogP contribution < -0.4 is 10.5 Å². The molecule has 1 amide bonds. The molecule has 2 fully saturated rings. The number of nitrogens with zero attached hydrogens (tertiary/aromatic N) is 1. The number of sulfonamides is 1. The Labute approximate surface area is 156 Å². The van der Waals surface area contributed by atoms with E-state index in [9.17, 15) is 28.2 Å². The van der Waals surface area contributed by atoms with Crippen LogP contribution in [-0.4, -0.2) is 71.1 Å². The van der Waals surface area contributed by atoms with Crippen molar-refractivity contribution in [2.24, 2.45) is 17.0 Å². The van der Waals surface area contributed by atoms with Gasteiger partial charge in [-0.25, -0.2) is 18.4 Å². The molecule has 0 radical (unpaired) electrons. The van der Waals surface area contributed by atoms with Gasteiger partial charge in [-0.2, -0.15) is 0 Å². The zero-order chi connectivity index (χ0) is 19.4. The number of thioether (sulfide) groups is 1. The fourth-order valence-corrected chi connectivity index (χ4v) is 6.47. The Morgan fingerprint density at radius 2 is 2.15 bits per heavy atom. The second-order valence-corrected chi connectivity index (χ2v) is 10.2. The molecule has 0 bridgehead atoms. The van der Waals surface area contributed by atoms with Gasteiger partial charge in [0.2, 0.25) is 15.9 Å². The zero-order valence-corrected chi connectivity index (χ0v) is 16.1. The van der Waals surface area contributed by atoms with Gasteiger partial charge in [0.25, 0.3) is 0 Å². The van der Waals surface area contributed by atoms with E-state index in [1.54, 1.807) is 0 Å². The monoisotopic (exact) mass is 405 g/mol. The maximum absolute atomic E-state index is 12.3. The normalized spacial score (nSPS) is 35.5. The van der Waals surface area contributed by atoms with Crippen LogP contribution in [0.5, 0.6) is 0 Å². The molecule has 3 heterocycles. The molecule has 6 atom stereocenters. The predicted octanol–water partition coefficient (Wildman–Crippen LogP) is -1.11. The van der Waals surface area contributed by atoms with E-state index in [-0.39, 0.29) is 40.6 Å². The van der Waals surface area contributed by atoms with Crippen LogP contribution in [0.3, 0.4) is 0 Å². The molecule has 2 saturated heterocycles. The highest BCUT2D eigenvalue weighted by Crippen LogP contribution is 2.51. The highest BCUT2D eigenvalue weighted by Gasteiger charge is 2.60. The van der Waals surface area contributed by atoms with Gasteiger partial charge in [0.15, 0.2) is 0 Å². The van der Waals surface area contributed by atoms with Crippen LogP contribution in [0.4, 0.5) is 0 Å². The highest BCUT2D eigenvalue weighted by molar-refractivity contribution is 8.03. The Morgan fingerprint density at radius 1 is 1.50 bits per heavy atom. The molecule has 5 N–H and O–H groups in total. The number of carboxylic acids is 1. The average molecular weight is 405 g/mol. The predicted molar refractivity (Wildman–Crippen MR) is 95.4 cm³/mol. The third-order valence-corrected chi connectivity index (χ3v) is 7.60. The van der Waals surface area contributed by atoms with Crippen LogP contribution in [0.1, 0.15) is 20.3 Å². The van der Waals surface area contributed by atoms with Gasteiger partial charge in [0.05, 0.1) is 23.8 Å². The molecule has 3 aliphatic heterocycles. The minimum Gasteiger partial charge on any atom is -0.477 e. The van der Waals surface area contributed by atoms with Gasteiger partial charge in [-0.05, 0) is 13.3 Å². The number of hydrogen-bond donors (Lipinski definition) is 4. The molecule has 3 aliphatic rings. The first-order valence-corrected chi connectivity index (χ1v) is 11.0. The van der Waals surface area contributed by atoms with Crippen molar-refractivity contribution >= 4 is 33.7 Å². The lowest BCUT2D eigenvalue weighted by molar-refractivity contribution is -0.163. The maximum Gasteiger partial charge on any atom is 0.353 e. The van der Waals surface area contributed by atoms with Crippen LogP contribution in [0, 0.1) is 11.8 Å². The number of primary sulfonamides is 1. The quantitative estimate of drug-likeness (QED) is 0.406. The van der Waals surface area contributed by atoms with E-state index in [2.05, 4.69) is 5.32 Å². The Kier molecular flexibility index (Phi) is 5.12. The Morgan fingerprint density at radius 3 is 2.69 bits per heavy atom. The van der Waals surface area contributed by atoms with E-state index in [0.29, 0.717) is 17.9 Å². The van der Waals surface area contributed by atoms with Crippen molar-refractivity contribution in [3.05, 3.63) is 10.6 Å². The molecule has 11 heteroatoms. The van der Waals surface area contributed by atoms with Gasteiger partial charge in [-0.15, -0.1) is 11.8 Å². The largest absolute Gasteiger partial charge is 0.477 e. The summed E-state index contributed by atoms with van der Waals surface area (Å²) in [5.74, 6) is -2.47. The summed E-state index contributed by atoms with van der Waals surface area (Å²) in [7, 11) is -3.58. The van der Waals surface area contributed by atoms with Crippen molar-refractivity contribution in [1.29, 1.82) is 0 Å². The molecule has 0 aromatic heterocycles. The van der Waals surface area contributed by atoms with Crippen LogP contribution in [0.2, 0.25) is 0 Å². The van der Waals surface area contributed by atoms with Gasteiger partial charge in [-0.3, -0.25) is 4.79 Å². The fourth-order valence-electron chi connectivity index (χ4n) is 4.14. The number of nitrogens with one attached hydrogen (secondary N) is 1. The zero-order valence-electron chi connectivity index (χ0n) is 14.5. The second kappa shape index (κ2) is 6.79. The summed E-state index contributed by atoms with van der Waals surface area (Å²) >= 11 is 1.38. The molecule has 0 aromatic rings. The van der Waals surface area contributed by atoms with Gasteiger partial charge in [0, 0.05) is 28.7 Å². The van der Waals surface area contributed by atoms with Crippen molar-refractivity contribution in [3.8, 4) is 0 Å². The Bertz CT molecular complexity index is 765. The number of rotatable bonds is 6. The van der Waals surface area contributed by atoms with Crippen molar-refractivity contribution < 1.29 is 28.2 Å². The third-order valence-electron chi connectivity index (χ3n) is 5.22. The van der Waals surface area contributed by atoms with E-state index >= 15 is 0 Å². The number of aliphatic carboxylic acids is 1. The van der Waals surface area contributed by atoms with E-state index in [1.807, 2.05) is 6.92 Å². The van der Waals surface area contributed by atoms with Crippen molar-refractivity contribution in [3.63, 3.8) is 0 Å². The SMILES string of the molecule is C[C@@H](O)[C@H]1C(=O)N2C(C(=O)O)=C(S[C@@H]3CN[C@H](CS(N)(=O)=O)C3)[C@H](C)[C@H]12. The first-order chi connectivity index (χ1) is 12.0. The van der Waals surface area contributed by atoms with E-state index in [4.69, 9.17) is 5.14 Å². The van der Waals surface area contributed by atoms with Crippen molar-refractivity contribution in [2.45, 2.75) is 43.7 Å². The number of carbonyl (C=O) groups excluding carboxylic acids is 1. The number of β-lactam (4-membered cyclic amide) rings is 1. The minimum absolute atomic E-state index is 0.00708. The average Bonchev–Trinajstić information content (AvgIpc) is 3.00. The molecule has 0 aromatic carbocycles. The third kappa shape index (κ3) is 3.38. The number of carbonyl (C=O) groups is 2. The molecule has 0 spiro atoms. The van der Waals surface area contributed by atoms with E-state index in [1.165, 1.54) is 23.6 Å². The first kappa shape index (κ1) is 19.6. The van der Waals surface area contributed by atoms with Gasteiger partial charge in [-0.1, -0.05) is 6.92 Å². The summed E-state index contributed by atoms with van der Waals surface area (Å²) < 4.78 is 22.5. The highest BCUT2D eigenvalue weighted by atomic mass is 32.2. The lowest BCUT2D eigenvalue weighted by Crippen LogP contribution is -2.63. The first-order valence-electron chi connectivity index (χ1n) is 8.40. The van der Waals surface area contributed by atoms with Gasteiger partial charge in [0.1, 0.15) is 5.70 Å². The molecule has 0 saturated carbocycles. The number of carboxylic acid groups (broad SMARTS) is 1. The number of aliphatic hydroxyl groups excluding tert-OH is 1. The summed E-state index contributed by atoms with van der Waals surface area (Å²) in [6.45, 7) is 3.94. The molecule has 26 heavy (non-hydrogen) atoms. The minimum atomic E-state index is -3.58. The summed E-state index contributed by atoms with van der Waals surface area (Å²) in [4.78, 5) is 26.0. The topological polar surface area (TPSA) is 150 Å². The molecule has 146 valence electrons. The van der Waals surface area contributed by atoms with Crippen LogP contribution >= 0.6 is 11.8 Å². The Balaban J connectivity index is 1.77. The number of aliphatic hydroxyl groups is 1. The van der Waals surface area contributed by atoms with Crippen LogP contribution in [0.25, 0.3) is 0 Å². The second-order valence-electron chi connectivity index (χ2n) is 7.18. The van der Waals surface area contributed by atoms with Crippen molar-refractivity contribution in [2.75, 3.05) is 12.3 Å². The summed E-state index contributed by atoms with van der Waals surface area (Å²) in [6.07, 6.45) is -0.291. The maximum atomic E-state index is 12.3. The van der Waals surface area contributed by atoms with E-state index in [0.717, 1.165) is 0 Å². The number of nitrogens with two attached hydrogens (primary N) is 1. The standard InChI is InChI=1S/C15H23N3O6S2/c1-6-11-10(7(2)19)14(20)18(11)12(15(21)22)13(6)25-9-3-8(17-4-9)5-26(16,23)24/h6-11,17,19H,3-5H2,1-2H3,(H,21,22)(H2,16,23,24)/t6-,7-,8+,9+,10-,11-/m1/s1. The molecule has 3 rings (SSSR count). The lowest BCUT2D eigenvalue weighted by Gasteiger charge is -2.46. The van der Waals surface area contributed by atoms with Crippen LogP contribution in [-0.2, 0) is 19.6 Å². The fraction of sp³-hybridized carbons (Fsp3) is 0.733. The number of fused-ring (bicyclic) bond motifs is 1. The molecular weight excluding hydrogens is 382 g/mol. The Hall–Kier alpha value is -1.14. The van der Waals surface area contributed by atoms with Crippen LogP contribution in [0.15, 0.2) is 10.6 Å².